The predicted octanol–water partition coefficient (Wildman–Crippen LogP) is 3.05. The van der Waals surface area contributed by atoms with Crippen LogP contribution in [0.5, 0.6) is 0 Å². The van der Waals surface area contributed by atoms with Gasteiger partial charge in [0.15, 0.2) is 12.3 Å². The number of aromatic nitrogens is 4. The van der Waals surface area contributed by atoms with Gasteiger partial charge in [0.25, 0.3) is 0 Å². The molecule has 0 saturated carbocycles. The number of aryl methyl sites for hydroxylation is 1. The number of rotatable bonds is 7. The van der Waals surface area contributed by atoms with E-state index in [4.69, 9.17) is 9.68 Å². The first-order chi connectivity index (χ1) is 14.4. The van der Waals surface area contributed by atoms with Crippen molar-refractivity contribution in [2.75, 3.05) is 13.7 Å². The molecule has 3 rings (SSSR count). The number of tetrazole rings is 1. The number of hydrogen-bond acceptors (Lipinski definition) is 7. The number of alkyl halides is 3. The maximum Gasteiger partial charge on any atom is 0.416 e. The van der Waals surface area contributed by atoms with Crippen molar-refractivity contribution in [3.8, 4) is 0 Å². The molecule has 0 atom stereocenters. The summed E-state index contributed by atoms with van der Waals surface area (Å²) >= 11 is 0. The molecule has 156 valence electrons. The highest BCUT2D eigenvalue weighted by molar-refractivity contribution is 6.10. The van der Waals surface area contributed by atoms with Gasteiger partial charge in [-0.25, -0.2) is 4.68 Å². The van der Waals surface area contributed by atoms with Crippen LogP contribution in [-0.4, -0.2) is 45.3 Å². The smallest absolute Gasteiger partial charge is 0.399 e. The molecule has 0 unspecified atom stereocenters. The van der Waals surface area contributed by atoms with Crippen LogP contribution in [0.3, 0.4) is 0 Å². The molecule has 0 saturated heterocycles. The number of benzene rings is 2. The van der Waals surface area contributed by atoms with Gasteiger partial charge in [-0.05, 0) is 22.6 Å². The summed E-state index contributed by atoms with van der Waals surface area (Å²) in [6, 6.07) is 13.8. The van der Waals surface area contributed by atoms with E-state index in [0.717, 1.165) is 12.1 Å². The van der Waals surface area contributed by atoms with Crippen LogP contribution in [0.1, 0.15) is 22.5 Å². The summed E-state index contributed by atoms with van der Waals surface area (Å²) in [5.74, 6) is 0.352. The minimum Gasteiger partial charge on any atom is -0.399 e. The molecule has 0 N–H and O–H groups in total. The summed E-state index contributed by atoms with van der Waals surface area (Å²) < 4.78 is 40.5. The first-order valence-electron chi connectivity index (χ1n) is 8.66. The van der Waals surface area contributed by atoms with E-state index in [9.17, 15) is 13.2 Å². The van der Waals surface area contributed by atoms with Crippen molar-refractivity contribution in [1.29, 1.82) is 0 Å². The molecule has 0 radical (unpaired) electrons. The Labute approximate surface area is 169 Å². The highest BCUT2D eigenvalue weighted by atomic mass is 19.4. The van der Waals surface area contributed by atoms with Crippen LogP contribution in [-0.2, 0) is 22.9 Å². The molecule has 0 aliphatic rings. The van der Waals surface area contributed by atoms with Crippen molar-refractivity contribution < 1.29 is 22.8 Å². The van der Waals surface area contributed by atoms with E-state index in [1.54, 1.807) is 19.2 Å². The maximum absolute atomic E-state index is 13.0. The molecule has 0 bridgehead atoms. The summed E-state index contributed by atoms with van der Waals surface area (Å²) in [5.41, 5.74) is 0.574. The molecule has 1 heterocycles. The molecule has 0 aliphatic carbocycles. The summed E-state index contributed by atoms with van der Waals surface area (Å²) in [4.78, 5) is 10.2. The van der Waals surface area contributed by atoms with Crippen LogP contribution in [0.2, 0.25) is 0 Å². The van der Waals surface area contributed by atoms with Gasteiger partial charge >= 0.3 is 6.18 Å². The number of oxime groups is 2. The molecule has 0 fully saturated rings. The third-order valence-corrected chi connectivity index (χ3v) is 3.96. The van der Waals surface area contributed by atoms with Crippen molar-refractivity contribution in [1.82, 2.24) is 20.2 Å². The Bertz CT molecular complexity index is 1050. The summed E-state index contributed by atoms with van der Waals surface area (Å²) in [6.45, 7) is -0.239. The van der Waals surface area contributed by atoms with Gasteiger partial charge in [0, 0.05) is 18.2 Å². The fraction of sp³-hybridized carbons (Fsp3) is 0.211. The molecule has 30 heavy (non-hydrogen) atoms. The third kappa shape index (κ3) is 4.99. The molecule has 0 spiro atoms. The molecular formula is C19H17F3N6O2. The second-order valence-corrected chi connectivity index (χ2v) is 6.00. The SMILES string of the molecule is CO/N=C(/CON=C(c1ccccc1)c1nnnn1C)c1cccc(C(F)(F)F)c1. The number of nitrogens with zero attached hydrogens (tertiary/aromatic N) is 6. The van der Waals surface area contributed by atoms with Crippen LogP contribution in [0.4, 0.5) is 13.2 Å². The fourth-order valence-electron chi connectivity index (χ4n) is 2.55. The van der Waals surface area contributed by atoms with E-state index in [1.165, 1.54) is 23.9 Å². The molecule has 2 aromatic carbocycles. The van der Waals surface area contributed by atoms with Crippen molar-refractivity contribution in [3.63, 3.8) is 0 Å². The molecule has 11 heteroatoms. The van der Waals surface area contributed by atoms with Crippen LogP contribution in [0, 0.1) is 0 Å². The van der Waals surface area contributed by atoms with E-state index < -0.39 is 11.7 Å². The number of halogens is 3. The quantitative estimate of drug-likeness (QED) is 0.435. The Morgan fingerprint density at radius 1 is 1.03 bits per heavy atom. The lowest BCUT2D eigenvalue weighted by molar-refractivity contribution is -0.137. The first-order valence-corrected chi connectivity index (χ1v) is 8.66. The Kier molecular flexibility index (Phi) is 6.40. The summed E-state index contributed by atoms with van der Waals surface area (Å²) in [5, 5.41) is 19.2. The average Bonchev–Trinajstić information content (AvgIpc) is 3.16. The first kappa shape index (κ1) is 21.0. The van der Waals surface area contributed by atoms with Gasteiger partial charge in [-0.1, -0.05) is 52.8 Å². The van der Waals surface area contributed by atoms with E-state index >= 15 is 0 Å². The maximum atomic E-state index is 13.0. The summed E-state index contributed by atoms with van der Waals surface area (Å²) in [7, 11) is 2.94. The minimum atomic E-state index is -4.48. The van der Waals surface area contributed by atoms with Crippen molar-refractivity contribution in [2.24, 2.45) is 17.4 Å². The molecule has 3 aromatic rings. The topological polar surface area (TPSA) is 86.8 Å². The zero-order chi connectivity index (χ0) is 21.6. The predicted molar refractivity (Wildman–Crippen MR) is 102 cm³/mol. The second-order valence-electron chi connectivity index (χ2n) is 6.00. The second kappa shape index (κ2) is 9.16. The van der Waals surface area contributed by atoms with Crippen LogP contribution in [0.25, 0.3) is 0 Å². The van der Waals surface area contributed by atoms with E-state index in [1.807, 2.05) is 18.2 Å². The van der Waals surface area contributed by atoms with Crippen molar-refractivity contribution in [3.05, 3.63) is 77.1 Å². The zero-order valence-corrected chi connectivity index (χ0v) is 16.0. The lowest BCUT2D eigenvalue weighted by Crippen LogP contribution is -2.15. The van der Waals surface area contributed by atoms with Gasteiger partial charge < -0.3 is 9.68 Å². The molecular weight excluding hydrogens is 401 g/mol. The Balaban J connectivity index is 1.87. The Morgan fingerprint density at radius 3 is 2.40 bits per heavy atom. The van der Waals surface area contributed by atoms with Crippen molar-refractivity contribution in [2.45, 2.75) is 6.18 Å². The van der Waals surface area contributed by atoms with Gasteiger partial charge in [-0.2, -0.15) is 13.2 Å². The van der Waals surface area contributed by atoms with E-state index in [0.29, 0.717) is 17.1 Å². The zero-order valence-electron chi connectivity index (χ0n) is 16.0. The fourth-order valence-corrected chi connectivity index (χ4v) is 2.55. The lowest BCUT2D eigenvalue weighted by Gasteiger charge is -2.10. The highest BCUT2D eigenvalue weighted by Gasteiger charge is 2.30. The van der Waals surface area contributed by atoms with Gasteiger partial charge in [0.05, 0.1) is 5.56 Å². The number of hydrogen-bond donors (Lipinski definition) is 0. The van der Waals surface area contributed by atoms with Crippen LogP contribution >= 0.6 is 0 Å². The van der Waals surface area contributed by atoms with E-state index in [-0.39, 0.29) is 17.9 Å². The van der Waals surface area contributed by atoms with Crippen LogP contribution < -0.4 is 0 Å². The van der Waals surface area contributed by atoms with E-state index in [2.05, 4.69) is 25.8 Å². The van der Waals surface area contributed by atoms with Crippen molar-refractivity contribution >= 4 is 11.4 Å². The van der Waals surface area contributed by atoms with Gasteiger partial charge in [0.1, 0.15) is 12.8 Å². The highest BCUT2D eigenvalue weighted by Crippen LogP contribution is 2.29. The van der Waals surface area contributed by atoms with Gasteiger partial charge in [-0.15, -0.1) is 5.10 Å². The molecule has 0 aliphatic heterocycles. The monoisotopic (exact) mass is 418 g/mol. The molecule has 8 nitrogen and oxygen atoms in total. The third-order valence-electron chi connectivity index (χ3n) is 3.96. The molecule has 0 amide bonds. The average molecular weight is 418 g/mol. The van der Waals surface area contributed by atoms with Crippen LogP contribution in [0.15, 0.2) is 64.9 Å². The standard InChI is InChI=1S/C19H17F3N6O2/c1-28-18(23-26-27-28)17(13-7-4-3-5-8-13)25-30-12-16(24-29-2)14-9-6-10-15(11-14)19(20,21)22/h3-11H,12H2,1-2H3/b24-16-,25-17?. The normalized spacial score (nSPS) is 12.7. The summed E-state index contributed by atoms with van der Waals surface area (Å²) in [6.07, 6.45) is -4.48. The Hall–Kier alpha value is -3.76. The Morgan fingerprint density at radius 2 is 1.77 bits per heavy atom. The lowest BCUT2D eigenvalue weighted by atomic mass is 10.1. The minimum absolute atomic E-state index is 0.135. The molecule has 1 aromatic heterocycles. The van der Waals surface area contributed by atoms with Gasteiger partial charge in [0.2, 0.25) is 5.82 Å². The van der Waals surface area contributed by atoms with Gasteiger partial charge in [-0.3, -0.25) is 0 Å². The largest absolute Gasteiger partial charge is 0.416 e.